The van der Waals surface area contributed by atoms with Gasteiger partial charge in [0.2, 0.25) is 0 Å². The van der Waals surface area contributed by atoms with Crippen molar-refractivity contribution < 1.29 is 4.79 Å². The second-order valence-corrected chi connectivity index (χ2v) is 6.39. The molecular formula is C18H16IN3O. The zero-order chi connectivity index (χ0) is 16.2. The molecule has 0 aliphatic carbocycles. The second kappa shape index (κ2) is 6.95. The van der Waals surface area contributed by atoms with E-state index in [0.717, 1.165) is 20.7 Å². The summed E-state index contributed by atoms with van der Waals surface area (Å²) in [5.41, 5.74) is 2.69. The molecule has 23 heavy (non-hydrogen) atoms. The van der Waals surface area contributed by atoms with E-state index in [-0.39, 0.29) is 11.9 Å². The molecule has 1 aromatic heterocycles. The lowest BCUT2D eigenvalue weighted by Gasteiger charge is -2.12. The van der Waals surface area contributed by atoms with Crippen LogP contribution in [0.2, 0.25) is 0 Å². The molecule has 1 unspecified atom stereocenters. The summed E-state index contributed by atoms with van der Waals surface area (Å²) in [7, 11) is 0. The molecule has 4 nitrogen and oxygen atoms in total. The molecule has 3 aromatic rings. The molecule has 5 heteroatoms. The van der Waals surface area contributed by atoms with Crippen LogP contribution in [-0.4, -0.2) is 15.9 Å². The summed E-state index contributed by atoms with van der Waals surface area (Å²) in [6.07, 6.45) is 1.79. The van der Waals surface area contributed by atoms with Crippen LogP contribution < -0.4 is 5.32 Å². The molecule has 0 spiro atoms. The molecule has 3 rings (SSSR count). The Morgan fingerprint density at radius 3 is 2.57 bits per heavy atom. The van der Waals surface area contributed by atoms with Crippen molar-refractivity contribution in [3.8, 4) is 11.3 Å². The first-order valence-corrected chi connectivity index (χ1v) is 8.39. The predicted molar refractivity (Wildman–Crippen MR) is 99.1 cm³/mol. The highest BCUT2D eigenvalue weighted by Crippen LogP contribution is 2.19. The molecule has 2 aromatic carbocycles. The normalized spacial score (nSPS) is 11.9. The zero-order valence-corrected chi connectivity index (χ0v) is 14.7. The SMILES string of the molecule is CC(NC(=O)c1ccccc1I)c1ncc(-c2ccccc2)[nH]1. The number of H-pyrrole nitrogens is 1. The molecule has 1 amide bonds. The smallest absolute Gasteiger partial charge is 0.252 e. The van der Waals surface area contributed by atoms with Crippen LogP contribution in [0.25, 0.3) is 11.3 Å². The van der Waals surface area contributed by atoms with Gasteiger partial charge >= 0.3 is 0 Å². The van der Waals surface area contributed by atoms with Crippen LogP contribution in [0.4, 0.5) is 0 Å². The van der Waals surface area contributed by atoms with Gasteiger partial charge in [0.1, 0.15) is 5.82 Å². The van der Waals surface area contributed by atoms with Crippen molar-refractivity contribution in [2.24, 2.45) is 0 Å². The van der Waals surface area contributed by atoms with E-state index < -0.39 is 0 Å². The maximum Gasteiger partial charge on any atom is 0.252 e. The standard InChI is InChI=1S/C18H16IN3O/c1-12(21-18(23)14-9-5-6-10-15(14)19)17-20-11-16(22-17)13-7-3-2-4-8-13/h2-12H,1H3,(H,20,22)(H,21,23). The molecule has 2 N–H and O–H groups in total. The van der Waals surface area contributed by atoms with Gasteiger partial charge in [0.05, 0.1) is 23.5 Å². The third-order valence-electron chi connectivity index (χ3n) is 3.56. The number of aromatic amines is 1. The molecule has 0 fully saturated rings. The fourth-order valence-electron chi connectivity index (χ4n) is 2.31. The van der Waals surface area contributed by atoms with E-state index in [4.69, 9.17) is 0 Å². The summed E-state index contributed by atoms with van der Waals surface area (Å²) in [6.45, 7) is 1.92. The molecule has 0 saturated carbocycles. The Balaban J connectivity index is 1.74. The molecule has 0 bridgehead atoms. The Bertz CT molecular complexity index is 814. The molecule has 0 radical (unpaired) electrons. The van der Waals surface area contributed by atoms with E-state index in [1.54, 1.807) is 6.20 Å². The minimum absolute atomic E-state index is 0.0971. The summed E-state index contributed by atoms with van der Waals surface area (Å²) >= 11 is 2.16. The summed E-state index contributed by atoms with van der Waals surface area (Å²) in [4.78, 5) is 20.0. The van der Waals surface area contributed by atoms with Crippen LogP contribution in [0, 0.1) is 3.57 Å². The number of aromatic nitrogens is 2. The number of carbonyl (C=O) groups is 1. The number of nitrogens with one attached hydrogen (secondary N) is 2. The van der Waals surface area contributed by atoms with Crippen LogP contribution in [-0.2, 0) is 0 Å². The molecule has 116 valence electrons. The Hall–Kier alpha value is -2.15. The van der Waals surface area contributed by atoms with Gasteiger partial charge in [-0.25, -0.2) is 4.98 Å². The zero-order valence-electron chi connectivity index (χ0n) is 12.6. The fourth-order valence-corrected chi connectivity index (χ4v) is 2.94. The third kappa shape index (κ3) is 3.61. The molecular weight excluding hydrogens is 401 g/mol. The van der Waals surface area contributed by atoms with E-state index in [9.17, 15) is 4.79 Å². The number of hydrogen-bond donors (Lipinski definition) is 2. The largest absolute Gasteiger partial charge is 0.342 e. The Labute approximate surface area is 148 Å². The van der Waals surface area contributed by atoms with Crippen molar-refractivity contribution >= 4 is 28.5 Å². The van der Waals surface area contributed by atoms with E-state index in [1.807, 2.05) is 61.5 Å². The lowest BCUT2D eigenvalue weighted by Crippen LogP contribution is -2.28. The lowest BCUT2D eigenvalue weighted by atomic mass is 10.2. The van der Waals surface area contributed by atoms with Gasteiger partial charge in [-0.1, -0.05) is 42.5 Å². The highest BCUT2D eigenvalue weighted by Gasteiger charge is 2.16. The summed E-state index contributed by atoms with van der Waals surface area (Å²) in [5.74, 6) is 0.642. The highest BCUT2D eigenvalue weighted by atomic mass is 127. The topological polar surface area (TPSA) is 57.8 Å². The quantitative estimate of drug-likeness (QED) is 0.626. The number of imidazole rings is 1. The van der Waals surface area contributed by atoms with Crippen molar-refractivity contribution in [2.45, 2.75) is 13.0 Å². The first-order chi connectivity index (χ1) is 11.1. The van der Waals surface area contributed by atoms with Crippen molar-refractivity contribution in [1.82, 2.24) is 15.3 Å². The van der Waals surface area contributed by atoms with E-state index in [0.29, 0.717) is 5.56 Å². The van der Waals surface area contributed by atoms with Gasteiger partial charge in [-0.2, -0.15) is 0 Å². The van der Waals surface area contributed by atoms with Gasteiger partial charge in [-0.15, -0.1) is 0 Å². The molecule has 0 saturated heterocycles. The van der Waals surface area contributed by atoms with Crippen LogP contribution >= 0.6 is 22.6 Å². The lowest BCUT2D eigenvalue weighted by molar-refractivity contribution is 0.0937. The monoisotopic (exact) mass is 417 g/mol. The summed E-state index contributed by atoms with van der Waals surface area (Å²) in [5, 5.41) is 2.98. The maximum absolute atomic E-state index is 12.4. The fraction of sp³-hybridized carbons (Fsp3) is 0.111. The number of rotatable bonds is 4. The molecule has 0 aliphatic rings. The van der Waals surface area contributed by atoms with Crippen molar-refractivity contribution in [2.75, 3.05) is 0 Å². The molecule has 1 heterocycles. The average Bonchev–Trinajstić information content (AvgIpc) is 3.06. The van der Waals surface area contributed by atoms with Gasteiger partial charge in [0, 0.05) is 3.57 Å². The average molecular weight is 417 g/mol. The highest BCUT2D eigenvalue weighted by molar-refractivity contribution is 14.1. The van der Waals surface area contributed by atoms with Gasteiger partial charge in [0.25, 0.3) is 5.91 Å². The van der Waals surface area contributed by atoms with Gasteiger partial charge in [0.15, 0.2) is 0 Å². The molecule has 1 atom stereocenters. The van der Waals surface area contributed by atoms with Crippen LogP contribution in [0.5, 0.6) is 0 Å². The van der Waals surface area contributed by atoms with E-state index in [1.165, 1.54) is 0 Å². The van der Waals surface area contributed by atoms with Crippen LogP contribution in [0.3, 0.4) is 0 Å². The van der Waals surface area contributed by atoms with Gasteiger partial charge in [-0.3, -0.25) is 4.79 Å². The number of halogens is 1. The Morgan fingerprint density at radius 1 is 1.13 bits per heavy atom. The third-order valence-corrected chi connectivity index (χ3v) is 4.50. The Morgan fingerprint density at radius 2 is 1.83 bits per heavy atom. The van der Waals surface area contributed by atoms with E-state index >= 15 is 0 Å². The maximum atomic E-state index is 12.4. The number of amides is 1. The van der Waals surface area contributed by atoms with Crippen LogP contribution in [0.1, 0.15) is 29.1 Å². The minimum atomic E-state index is -0.198. The molecule has 0 aliphatic heterocycles. The predicted octanol–water partition coefficient (Wildman–Crippen LogP) is 4.17. The number of carbonyl (C=O) groups excluding carboxylic acids is 1. The first-order valence-electron chi connectivity index (χ1n) is 7.31. The van der Waals surface area contributed by atoms with Crippen molar-refractivity contribution in [3.63, 3.8) is 0 Å². The van der Waals surface area contributed by atoms with Crippen molar-refractivity contribution in [1.29, 1.82) is 0 Å². The number of nitrogens with zero attached hydrogens (tertiary/aromatic N) is 1. The van der Waals surface area contributed by atoms with Crippen LogP contribution in [0.15, 0.2) is 60.8 Å². The second-order valence-electron chi connectivity index (χ2n) is 5.22. The van der Waals surface area contributed by atoms with Gasteiger partial charge < -0.3 is 10.3 Å². The number of hydrogen-bond acceptors (Lipinski definition) is 2. The summed E-state index contributed by atoms with van der Waals surface area (Å²) < 4.78 is 0.930. The van der Waals surface area contributed by atoms with Crippen molar-refractivity contribution in [3.05, 3.63) is 75.8 Å². The first kappa shape index (κ1) is 15.7. The van der Waals surface area contributed by atoms with E-state index in [2.05, 4.69) is 37.9 Å². The minimum Gasteiger partial charge on any atom is -0.342 e. The Kier molecular flexibility index (Phi) is 4.76. The number of benzene rings is 2. The van der Waals surface area contributed by atoms with Gasteiger partial charge in [-0.05, 0) is 47.2 Å². The summed E-state index contributed by atoms with van der Waals surface area (Å²) in [6, 6.07) is 17.3.